The zero-order valence-electron chi connectivity index (χ0n) is 20.0. The molecular formula is C27H33N5OS. The van der Waals surface area contributed by atoms with E-state index in [2.05, 4.69) is 47.6 Å². The van der Waals surface area contributed by atoms with Gasteiger partial charge in [0.05, 0.1) is 23.3 Å². The van der Waals surface area contributed by atoms with Crippen molar-refractivity contribution in [1.82, 2.24) is 20.4 Å². The minimum atomic E-state index is -0.412. The van der Waals surface area contributed by atoms with E-state index in [4.69, 9.17) is 12.2 Å². The molecule has 6 nitrogen and oxygen atoms in total. The van der Waals surface area contributed by atoms with Crippen LogP contribution in [0.5, 0.6) is 0 Å². The topological polar surface area (TPSA) is 71.4 Å². The van der Waals surface area contributed by atoms with E-state index < -0.39 is 5.66 Å². The Kier molecular flexibility index (Phi) is 7.50. The number of carbonyl (C=O) groups excluding carboxylic acids is 1. The van der Waals surface area contributed by atoms with Gasteiger partial charge in [0.2, 0.25) is 5.91 Å². The van der Waals surface area contributed by atoms with Gasteiger partial charge in [-0.1, -0.05) is 62.4 Å². The summed E-state index contributed by atoms with van der Waals surface area (Å²) in [5, 5.41) is 17.4. The number of rotatable bonds is 6. The van der Waals surface area contributed by atoms with Gasteiger partial charge >= 0.3 is 0 Å². The van der Waals surface area contributed by atoms with Crippen molar-refractivity contribution in [1.29, 1.82) is 5.26 Å². The van der Waals surface area contributed by atoms with Gasteiger partial charge in [-0.15, -0.1) is 0 Å². The number of nitrogens with zero attached hydrogens (tertiary/aromatic N) is 3. The number of carbonyl (C=O) groups is 1. The third-order valence-electron chi connectivity index (χ3n) is 6.86. The Morgan fingerprint density at radius 3 is 2.53 bits per heavy atom. The lowest BCUT2D eigenvalue weighted by Crippen LogP contribution is -2.60. The van der Waals surface area contributed by atoms with Gasteiger partial charge in [0.15, 0.2) is 5.11 Å². The summed E-state index contributed by atoms with van der Waals surface area (Å²) in [5.74, 6) is 0.555. The minimum absolute atomic E-state index is 0.139. The maximum Gasteiger partial charge on any atom is 0.241 e. The first-order valence-corrected chi connectivity index (χ1v) is 12.5. The summed E-state index contributed by atoms with van der Waals surface area (Å²) in [7, 11) is 0. The van der Waals surface area contributed by atoms with Crippen LogP contribution in [-0.2, 0) is 17.9 Å². The molecule has 2 fully saturated rings. The molecule has 2 aromatic rings. The van der Waals surface area contributed by atoms with E-state index >= 15 is 0 Å². The molecule has 0 radical (unpaired) electrons. The van der Waals surface area contributed by atoms with Gasteiger partial charge in [-0.25, -0.2) is 0 Å². The molecule has 34 heavy (non-hydrogen) atoms. The zero-order valence-corrected chi connectivity index (χ0v) is 20.8. The van der Waals surface area contributed by atoms with E-state index in [1.807, 2.05) is 47.4 Å². The average molecular weight is 476 g/mol. The second kappa shape index (κ2) is 10.5. The number of thiocarbonyl (C=S) groups is 1. The lowest BCUT2D eigenvalue weighted by molar-refractivity contribution is -0.134. The summed E-state index contributed by atoms with van der Waals surface area (Å²) >= 11 is 5.68. The van der Waals surface area contributed by atoms with Crippen molar-refractivity contribution in [2.75, 3.05) is 13.1 Å². The van der Waals surface area contributed by atoms with Crippen LogP contribution in [0.1, 0.15) is 49.8 Å². The van der Waals surface area contributed by atoms with Crippen LogP contribution in [0.15, 0.2) is 54.6 Å². The van der Waals surface area contributed by atoms with Crippen molar-refractivity contribution >= 4 is 23.2 Å². The molecule has 2 aromatic carbocycles. The fourth-order valence-electron chi connectivity index (χ4n) is 5.04. The Labute approximate surface area is 207 Å². The van der Waals surface area contributed by atoms with E-state index in [0.29, 0.717) is 24.6 Å². The molecule has 0 saturated carbocycles. The van der Waals surface area contributed by atoms with Crippen LogP contribution < -0.4 is 10.6 Å². The summed E-state index contributed by atoms with van der Waals surface area (Å²) in [6, 6.07) is 19.9. The fraction of sp³-hybridized carbons (Fsp3) is 0.444. The number of hydrogen-bond acceptors (Lipinski definition) is 4. The third-order valence-corrected chi connectivity index (χ3v) is 7.26. The molecule has 2 saturated heterocycles. The van der Waals surface area contributed by atoms with E-state index in [0.717, 1.165) is 43.0 Å². The predicted octanol–water partition coefficient (Wildman–Crippen LogP) is 3.77. The highest BCUT2D eigenvalue weighted by atomic mass is 32.1. The van der Waals surface area contributed by atoms with Crippen LogP contribution in [-0.4, -0.2) is 45.6 Å². The lowest BCUT2D eigenvalue weighted by Gasteiger charge is -2.45. The largest absolute Gasteiger partial charge is 0.358 e. The number of amides is 1. The van der Waals surface area contributed by atoms with Gasteiger partial charge in [-0.05, 0) is 41.7 Å². The summed E-state index contributed by atoms with van der Waals surface area (Å²) in [6.07, 6.45) is 2.38. The Bertz CT molecular complexity index is 1060. The van der Waals surface area contributed by atoms with Gasteiger partial charge in [0, 0.05) is 39.0 Å². The zero-order chi connectivity index (χ0) is 24.1. The highest BCUT2D eigenvalue weighted by Gasteiger charge is 2.51. The van der Waals surface area contributed by atoms with E-state index in [1.165, 1.54) is 5.56 Å². The number of nitrogens with one attached hydrogen (secondary N) is 2. The summed E-state index contributed by atoms with van der Waals surface area (Å²) in [6.45, 7) is 6.98. The van der Waals surface area contributed by atoms with Crippen molar-refractivity contribution in [2.45, 2.75) is 57.9 Å². The van der Waals surface area contributed by atoms with Crippen LogP contribution >= 0.6 is 12.2 Å². The molecule has 2 aliphatic rings. The van der Waals surface area contributed by atoms with Crippen LogP contribution in [0.2, 0.25) is 0 Å². The standard InChI is InChI=1S/C27H33N5OS/c1-20(2)16-24-25(33)32(19-23-11-7-6-10-22(23)17-28)27(30-24)12-14-31(15-13-27)26(34)29-18-21-8-4-3-5-9-21/h3-11,20,24,30H,12-16,18-19H2,1-2H3,(H,29,34). The number of benzene rings is 2. The normalized spacial score (nSPS) is 19.5. The van der Waals surface area contributed by atoms with Crippen LogP contribution in [0.4, 0.5) is 0 Å². The van der Waals surface area contributed by atoms with Gasteiger partial charge < -0.3 is 15.1 Å². The molecule has 1 spiro atoms. The molecule has 2 heterocycles. The van der Waals surface area contributed by atoms with Crippen LogP contribution in [0.25, 0.3) is 0 Å². The molecule has 1 atom stereocenters. The molecule has 2 N–H and O–H groups in total. The summed E-state index contributed by atoms with van der Waals surface area (Å²) < 4.78 is 0. The monoisotopic (exact) mass is 475 g/mol. The first-order valence-electron chi connectivity index (χ1n) is 12.1. The number of hydrogen-bond donors (Lipinski definition) is 2. The lowest BCUT2D eigenvalue weighted by atomic mass is 9.95. The van der Waals surface area contributed by atoms with E-state index in [9.17, 15) is 10.1 Å². The number of likely N-dealkylation sites (tertiary alicyclic amines) is 1. The van der Waals surface area contributed by atoms with Crippen molar-refractivity contribution in [3.8, 4) is 6.07 Å². The fourth-order valence-corrected chi connectivity index (χ4v) is 5.30. The molecule has 7 heteroatoms. The van der Waals surface area contributed by atoms with Gasteiger partial charge in [-0.2, -0.15) is 5.26 Å². The molecule has 2 aliphatic heterocycles. The second-order valence-corrected chi connectivity index (χ2v) is 10.1. The molecule has 4 rings (SSSR count). The predicted molar refractivity (Wildman–Crippen MR) is 138 cm³/mol. The van der Waals surface area contributed by atoms with Crippen molar-refractivity contribution in [3.05, 3.63) is 71.3 Å². The second-order valence-electron chi connectivity index (χ2n) is 9.68. The highest BCUT2D eigenvalue weighted by Crippen LogP contribution is 2.35. The minimum Gasteiger partial charge on any atom is -0.358 e. The number of nitriles is 1. The van der Waals surface area contributed by atoms with Crippen LogP contribution in [0.3, 0.4) is 0 Å². The van der Waals surface area contributed by atoms with Crippen molar-refractivity contribution in [3.63, 3.8) is 0 Å². The maximum absolute atomic E-state index is 13.5. The van der Waals surface area contributed by atoms with E-state index in [-0.39, 0.29) is 11.9 Å². The molecule has 1 amide bonds. The van der Waals surface area contributed by atoms with Gasteiger partial charge in [-0.3, -0.25) is 10.1 Å². The Hall–Kier alpha value is -2.95. The Morgan fingerprint density at radius 1 is 1.18 bits per heavy atom. The SMILES string of the molecule is CC(C)CC1NC2(CCN(C(=S)NCc3ccccc3)CC2)N(Cc2ccccc2C#N)C1=O. The van der Waals surface area contributed by atoms with Gasteiger partial charge in [0.1, 0.15) is 0 Å². The average Bonchev–Trinajstić information content (AvgIpc) is 3.08. The molecule has 1 unspecified atom stereocenters. The van der Waals surface area contributed by atoms with E-state index in [1.54, 1.807) is 0 Å². The summed E-state index contributed by atoms with van der Waals surface area (Å²) in [5.41, 5.74) is 2.30. The number of piperidine rings is 1. The quantitative estimate of drug-likeness (QED) is 0.620. The van der Waals surface area contributed by atoms with Gasteiger partial charge in [0.25, 0.3) is 0 Å². The highest BCUT2D eigenvalue weighted by molar-refractivity contribution is 7.80. The first-order chi connectivity index (χ1) is 16.4. The maximum atomic E-state index is 13.5. The molecule has 0 aromatic heterocycles. The molecular weight excluding hydrogens is 442 g/mol. The van der Waals surface area contributed by atoms with Crippen LogP contribution in [0, 0.1) is 17.2 Å². The first kappa shape index (κ1) is 24.2. The summed E-state index contributed by atoms with van der Waals surface area (Å²) in [4.78, 5) is 17.7. The molecule has 0 bridgehead atoms. The molecule has 178 valence electrons. The van der Waals surface area contributed by atoms with Crippen molar-refractivity contribution < 1.29 is 4.79 Å². The Balaban J connectivity index is 1.47. The Morgan fingerprint density at radius 2 is 1.85 bits per heavy atom. The smallest absolute Gasteiger partial charge is 0.241 e. The molecule has 0 aliphatic carbocycles. The third kappa shape index (κ3) is 5.24. The van der Waals surface area contributed by atoms with Crippen molar-refractivity contribution in [2.24, 2.45) is 5.92 Å².